The lowest BCUT2D eigenvalue weighted by Gasteiger charge is -2.12. The molecule has 0 radical (unpaired) electrons. The van der Waals surface area contributed by atoms with Crippen molar-refractivity contribution in [1.29, 1.82) is 0 Å². The molecule has 0 saturated carbocycles. The summed E-state index contributed by atoms with van der Waals surface area (Å²) in [6.45, 7) is 0. The number of aromatic carboxylic acids is 1. The lowest BCUT2D eigenvalue weighted by Crippen LogP contribution is -2.03. The molecule has 2 rings (SSSR count). The van der Waals surface area contributed by atoms with Gasteiger partial charge in [-0.05, 0) is 34.1 Å². The van der Waals surface area contributed by atoms with Gasteiger partial charge >= 0.3 is 5.97 Å². The van der Waals surface area contributed by atoms with Crippen molar-refractivity contribution < 1.29 is 9.90 Å². The van der Waals surface area contributed by atoms with E-state index in [1.807, 2.05) is 0 Å². The number of nitrogens with zero attached hydrogens (tertiary/aromatic N) is 1. The number of hydrogen-bond donors (Lipinski definition) is 2. The first kappa shape index (κ1) is 14.1. The molecule has 0 amide bonds. The zero-order valence-corrected chi connectivity index (χ0v) is 12.4. The molecule has 7 heteroatoms. The monoisotopic (exact) mass is 360 g/mol. The van der Waals surface area contributed by atoms with Crippen molar-refractivity contribution >= 4 is 56.5 Å². The van der Waals surface area contributed by atoms with E-state index < -0.39 is 5.97 Å². The first-order valence-electron chi connectivity index (χ1n) is 5.08. The molecular formula is C12H7BrCl2N2O2. The Morgan fingerprint density at radius 3 is 2.63 bits per heavy atom. The van der Waals surface area contributed by atoms with Crippen LogP contribution in [0.1, 0.15) is 10.4 Å². The maximum absolute atomic E-state index is 11.1. The van der Waals surface area contributed by atoms with Crippen molar-refractivity contribution in [3.8, 4) is 0 Å². The van der Waals surface area contributed by atoms with Gasteiger partial charge in [0.15, 0.2) is 0 Å². The summed E-state index contributed by atoms with van der Waals surface area (Å²) in [6, 6.07) is 4.97. The molecule has 0 aliphatic carbocycles. The first-order chi connectivity index (χ1) is 9.00. The van der Waals surface area contributed by atoms with E-state index in [0.29, 0.717) is 25.9 Å². The fourth-order valence-electron chi connectivity index (χ4n) is 1.44. The van der Waals surface area contributed by atoms with Crippen LogP contribution in [0.5, 0.6) is 0 Å². The summed E-state index contributed by atoms with van der Waals surface area (Å²) >= 11 is 15.4. The van der Waals surface area contributed by atoms with Gasteiger partial charge in [0, 0.05) is 16.9 Å². The average Bonchev–Trinajstić information content (AvgIpc) is 2.40. The number of carboxylic acid groups (broad SMARTS) is 1. The largest absolute Gasteiger partial charge is 0.478 e. The van der Waals surface area contributed by atoms with Gasteiger partial charge < -0.3 is 10.4 Å². The predicted molar refractivity (Wildman–Crippen MR) is 78.6 cm³/mol. The van der Waals surface area contributed by atoms with Crippen LogP contribution >= 0.6 is 39.1 Å². The number of rotatable bonds is 3. The standard InChI is InChI=1S/C12H7BrCl2N2O2/c13-7-1-2-9(11(15)10(7)14)17-8-3-4-16-5-6(8)12(18)19/h1-5H,(H,16,17)(H,18,19). The van der Waals surface area contributed by atoms with Crippen LogP contribution in [0.15, 0.2) is 35.1 Å². The molecule has 2 aromatic rings. The molecule has 0 aliphatic heterocycles. The SMILES string of the molecule is O=C(O)c1cnccc1Nc1ccc(Br)c(Cl)c1Cl. The minimum Gasteiger partial charge on any atom is -0.478 e. The van der Waals surface area contributed by atoms with Gasteiger partial charge in [-0.15, -0.1) is 0 Å². The summed E-state index contributed by atoms with van der Waals surface area (Å²) in [4.78, 5) is 14.8. The third-order valence-electron chi connectivity index (χ3n) is 2.36. The summed E-state index contributed by atoms with van der Waals surface area (Å²) in [5, 5.41) is 12.7. The maximum Gasteiger partial charge on any atom is 0.339 e. The van der Waals surface area contributed by atoms with Gasteiger partial charge in [0.1, 0.15) is 5.56 Å². The van der Waals surface area contributed by atoms with Crippen molar-refractivity contribution in [3.05, 3.63) is 50.7 Å². The Labute approximate surface area is 127 Å². The number of aromatic nitrogens is 1. The molecule has 19 heavy (non-hydrogen) atoms. The smallest absolute Gasteiger partial charge is 0.339 e. The number of halogens is 3. The quantitative estimate of drug-likeness (QED) is 0.784. The topological polar surface area (TPSA) is 62.2 Å². The van der Waals surface area contributed by atoms with Crippen molar-refractivity contribution in [2.75, 3.05) is 5.32 Å². The molecule has 0 spiro atoms. The molecule has 0 atom stereocenters. The highest BCUT2D eigenvalue weighted by Crippen LogP contribution is 2.37. The molecule has 2 N–H and O–H groups in total. The second-order valence-electron chi connectivity index (χ2n) is 3.57. The molecule has 1 aromatic heterocycles. The van der Waals surface area contributed by atoms with Crippen LogP contribution in [0.2, 0.25) is 10.0 Å². The highest BCUT2D eigenvalue weighted by atomic mass is 79.9. The van der Waals surface area contributed by atoms with Crippen molar-refractivity contribution in [2.45, 2.75) is 0 Å². The maximum atomic E-state index is 11.1. The van der Waals surface area contributed by atoms with Crippen LogP contribution in [0.3, 0.4) is 0 Å². The number of carboxylic acids is 1. The molecular weight excluding hydrogens is 355 g/mol. The predicted octanol–water partition coefficient (Wildman–Crippen LogP) is 4.59. The average molecular weight is 362 g/mol. The third kappa shape index (κ3) is 3.00. The van der Waals surface area contributed by atoms with E-state index in [-0.39, 0.29) is 5.56 Å². The number of hydrogen-bond acceptors (Lipinski definition) is 3. The molecule has 1 heterocycles. The summed E-state index contributed by atoms with van der Waals surface area (Å²) in [7, 11) is 0. The summed E-state index contributed by atoms with van der Waals surface area (Å²) in [5.74, 6) is -1.07. The second-order valence-corrected chi connectivity index (χ2v) is 5.18. The zero-order chi connectivity index (χ0) is 14.0. The van der Waals surface area contributed by atoms with E-state index in [1.165, 1.54) is 12.4 Å². The van der Waals surface area contributed by atoms with Crippen LogP contribution in [-0.2, 0) is 0 Å². The van der Waals surface area contributed by atoms with Gasteiger partial charge in [-0.1, -0.05) is 23.2 Å². The minimum atomic E-state index is -1.07. The molecule has 0 saturated heterocycles. The lowest BCUT2D eigenvalue weighted by molar-refractivity contribution is 0.0697. The van der Waals surface area contributed by atoms with Gasteiger partial charge in [-0.3, -0.25) is 4.98 Å². The van der Waals surface area contributed by atoms with Gasteiger partial charge in [-0.25, -0.2) is 4.79 Å². The Balaban J connectivity index is 2.42. The number of carbonyl (C=O) groups is 1. The van der Waals surface area contributed by atoms with Gasteiger partial charge in [0.05, 0.1) is 21.4 Å². The highest BCUT2D eigenvalue weighted by molar-refractivity contribution is 9.10. The van der Waals surface area contributed by atoms with Crippen LogP contribution < -0.4 is 5.32 Å². The number of nitrogens with one attached hydrogen (secondary N) is 1. The molecule has 4 nitrogen and oxygen atoms in total. The van der Waals surface area contributed by atoms with E-state index in [2.05, 4.69) is 26.2 Å². The Hall–Kier alpha value is -1.30. The van der Waals surface area contributed by atoms with E-state index in [1.54, 1.807) is 18.2 Å². The van der Waals surface area contributed by atoms with Crippen LogP contribution in [0.25, 0.3) is 0 Å². The number of anilines is 2. The molecule has 0 fully saturated rings. The molecule has 1 aromatic carbocycles. The van der Waals surface area contributed by atoms with Crippen LogP contribution in [-0.4, -0.2) is 16.1 Å². The third-order valence-corrected chi connectivity index (χ3v) is 4.13. The molecule has 0 bridgehead atoms. The fourth-order valence-corrected chi connectivity index (χ4v) is 2.26. The van der Waals surface area contributed by atoms with E-state index >= 15 is 0 Å². The molecule has 0 unspecified atom stereocenters. The Kier molecular flexibility index (Phi) is 4.29. The van der Waals surface area contributed by atoms with E-state index in [9.17, 15) is 4.79 Å². The lowest BCUT2D eigenvalue weighted by atomic mass is 10.2. The number of benzene rings is 1. The molecule has 0 aliphatic rings. The van der Waals surface area contributed by atoms with E-state index in [0.717, 1.165) is 0 Å². The van der Waals surface area contributed by atoms with Gasteiger partial charge in [0.2, 0.25) is 0 Å². The van der Waals surface area contributed by atoms with Gasteiger partial charge in [-0.2, -0.15) is 0 Å². The van der Waals surface area contributed by atoms with E-state index in [4.69, 9.17) is 28.3 Å². The number of pyridine rings is 1. The molecule has 98 valence electrons. The summed E-state index contributed by atoms with van der Waals surface area (Å²) in [6.07, 6.45) is 2.75. The zero-order valence-electron chi connectivity index (χ0n) is 9.32. The Morgan fingerprint density at radius 1 is 1.21 bits per heavy atom. The Morgan fingerprint density at radius 2 is 1.95 bits per heavy atom. The summed E-state index contributed by atoms with van der Waals surface area (Å²) in [5.41, 5.74) is 0.962. The Bertz CT molecular complexity index is 650. The highest BCUT2D eigenvalue weighted by Gasteiger charge is 2.13. The van der Waals surface area contributed by atoms with Crippen molar-refractivity contribution in [3.63, 3.8) is 0 Å². The first-order valence-corrected chi connectivity index (χ1v) is 6.63. The fraction of sp³-hybridized carbons (Fsp3) is 0. The normalized spacial score (nSPS) is 10.3. The minimum absolute atomic E-state index is 0.0533. The summed E-state index contributed by atoms with van der Waals surface area (Å²) < 4.78 is 0.665. The van der Waals surface area contributed by atoms with Crippen LogP contribution in [0.4, 0.5) is 11.4 Å². The van der Waals surface area contributed by atoms with Crippen LogP contribution in [0, 0.1) is 0 Å². The van der Waals surface area contributed by atoms with Gasteiger partial charge in [0.25, 0.3) is 0 Å². The second kappa shape index (κ2) is 5.77. The van der Waals surface area contributed by atoms with Crippen molar-refractivity contribution in [1.82, 2.24) is 4.98 Å². The van der Waals surface area contributed by atoms with Crippen molar-refractivity contribution in [2.24, 2.45) is 0 Å².